The number of carbonyl (C=O) groups is 1. The van der Waals surface area contributed by atoms with Crippen molar-refractivity contribution in [1.82, 2.24) is 5.32 Å². The molecule has 0 saturated carbocycles. The lowest BCUT2D eigenvalue weighted by atomic mass is 10.2. The zero-order chi connectivity index (χ0) is 14.5. The molecule has 2 aromatic rings. The minimum absolute atomic E-state index is 0.201. The third-order valence-corrected chi connectivity index (χ3v) is 3.23. The highest BCUT2D eigenvalue weighted by atomic mass is 35.5. The molecule has 0 bridgehead atoms. The largest absolute Gasteiger partial charge is 0.508 e. The van der Waals surface area contributed by atoms with E-state index in [1.807, 2.05) is 13.0 Å². The number of urea groups is 1. The predicted octanol–water partition coefficient (Wildman–Crippen LogP) is 3.68. The number of nitrogens with one attached hydrogen (secondary N) is 2. The summed E-state index contributed by atoms with van der Waals surface area (Å²) in [5, 5.41) is 15.2. The van der Waals surface area contributed by atoms with Crippen molar-refractivity contribution in [1.29, 1.82) is 0 Å². The first-order valence-corrected chi connectivity index (χ1v) is 6.51. The molecule has 0 heterocycles. The van der Waals surface area contributed by atoms with Gasteiger partial charge in [0, 0.05) is 17.3 Å². The molecular weight excluding hydrogens is 276 g/mol. The molecule has 2 rings (SSSR count). The van der Waals surface area contributed by atoms with E-state index in [9.17, 15) is 4.79 Å². The molecule has 0 aromatic heterocycles. The summed E-state index contributed by atoms with van der Waals surface area (Å²) >= 11 is 5.99. The molecular formula is C15H15ClN2O2. The SMILES string of the molecule is Cc1ccc(NC(=O)NCc2ccc(O)cc2)cc1Cl. The summed E-state index contributed by atoms with van der Waals surface area (Å²) in [6.07, 6.45) is 0. The van der Waals surface area contributed by atoms with Crippen molar-refractivity contribution in [2.24, 2.45) is 0 Å². The summed E-state index contributed by atoms with van der Waals surface area (Å²) in [6.45, 7) is 2.28. The minimum Gasteiger partial charge on any atom is -0.508 e. The van der Waals surface area contributed by atoms with E-state index in [4.69, 9.17) is 16.7 Å². The molecule has 0 atom stereocenters. The Bertz CT molecular complexity index is 612. The number of carbonyl (C=O) groups excluding carboxylic acids is 1. The lowest BCUT2D eigenvalue weighted by molar-refractivity contribution is 0.251. The predicted molar refractivity (Wildman–Crippen MR) is 80.2 cm³/mol. The van der Waals surface area contributed by atoms with Crippen molar-refractivity contribution in [3.63, 3.8) is 0 Å². The number of amides is 2. The van der Waals surface area contributed by atoms with Gasteiger partial charge in [0.25, 0.3) is 0 Å². The van der Waals surface area contributed by atoms with E-state index >= 15 is 0 Å². The van der Waals surface area contributed by atoms with Crippen LogP contribution in [0.4, 0.5) is 10.5 Å². The molecule has 0 saturated heterocycles. The first kappa shape index (κ1) is 14.2. The van der Waals surface area contributed by atoms with Crippen molar-refractivity contribution in [2.45, 2.75) is 13.5 Å². The van der Waals surface area contributed by atoms with Crippen molar-refractivity contribution in [3.8, 4) is 5.75 Å². The fourth-order valence-electron chi connectivity index (χ4n) is 1.64. The molecule has 0 spiro atoms. The van der Waals surface area contributed by atoms with Crippen molar-refractivity contribution < 1.29 is 9.90 Å². The van der Waals surface area contributed by atoms with Crippen molar-refractivity contribution in [3.05, 3.63) is 58.6 Å². The maximum absolute atomic E-state index is 11.7. The Morgan fingerprint density at radius 2 is 1.90 bits per heavy atom. The maximum atomic E-state index is 11.7. The number of aromatic hydroxyl groups is 1. The number of hydrogen-bond donors (Lipinski definition) is 3. The summed E-state index contributed by atoms with van der Waals surface area (Å²) in [6, 6.07) is 11.7. The number of halogens is 1. The average molecular weight is 291 g/mol. The number of aryl methyl sites for hydroxylation is 1. The summed E-state index contributed by atoms with van der Waals surface area (Å²) in [5.41, 5.74) is 2.51. The Kier molecular flexibility index (Phi) is 4.48. The quantitative estimate of drug-likeness (QED) is 0.807. The van der Waals surface area contributed by atoms with Gasteiger partial charge in [-0.15, -0.1) is 0 Å². The van der Waals surface area contributed by atoms with E-state index in [0.717, 1.165) is 11.1 Å². The standard InChI is InChI=1S/C15H15ClN2O2/c1-10-2-5-12(8-14(10)16)18-15(20)17-9-11-3-6-13(19)7-4-11/h2-8,19H,9H2,1H3,(H2,17,18,20). The van der Waals surface area contributed by atoms with Gasteiger partial charge in [-0.25, -0.2) is 4.79 Å². The molecule has 0 aliphatic carbocycles. The summed E-state index contributed by atoms with van der Waals surface area (Å²) in [5.74, 6) is 0.201. The van der Waals surface area contributed by atoms with E-state index in [-0.39, 0.29) is 11.8 Å². The number of phenols is 1. The Morgan fingerprint density at radius 3 is 2.55 bits per heavy atom. The summed E-state index contributed by atoms with van der Waals surface area (Å²) in [7, 11) is 0. The number of phenolic OH excluding ortho intramolecular Hbond substituents is 1. The third kappa shape index (κ3) is 3.90. The second-order valence-corrected chi connectivity index (χ2v) is 4.85. The smallest absolute Gasteiger partial charge is 0.319 e. The van der Waals surface area contributed by atoms with Crippen LogP contribution >= 0.6 is 11.6 Å². The highest BCUT2D eigenvalue weighted by Crippen LogP contribution is 2.19. The van der Waals surface area contributed by atoms with Crippen LogP contribution in [0.5, 0.6) is 5.75 Å². The number of hydrogen-bond acceptors (Lipinski definition) is 2. The molecule has 0 fully saturated rings. The Morgan fingerprint density at radius 1 is 1.20 bits per heavy atom. The van der Waals surface area contributed by atoms with Gasteiger partial charge >= 0.3 is 6.03 Å². The minimum atomic E-state index is -0.307. The van der Waals surface area contributed by atoms with Crippen LogP contribution in [0.2, 0.25) is 5.02 Å². The van der Waals surface area contributed by atoms with Crippen LogP contribution in [0, 0.1) is 6.92 Å². The number of anilines is 1. The van der Waals surface area contributed by atoms with Gasteiger partial charge in [0.1, 0.15) is 5.75 Å². The summed E-state index contributed by atoms with van der Waals surface area (Å²) in [4.78, 5) is 11.7. The molecule has 0 aliphatic heterocycles. The van der Waals surface area contributed by atoms with E-state index < -0.39 is 0 Å². The van der Waals surface area contributed by atoms with Crippen LogP contribution in [-0.4, -0.2) is 11.1 Å². The maximum Gasteiger partial charge on any atom is 0.319 e. The van der Waals surface area contributed by atoms with E-state index in [1.54, 1.807) is 36.4 Å². The van der Waals surface area contributed by atoms with Crippen LogP contribution in [-0.2, 0) is 6.54 Å². The number of rotatable bonds is 3. The molecule has 0 unspecified atom stereocenters. The van der Waals surface area contributed by atoms with Crippen LogP contribution in [0.3, 0.4) is 0 Å². The van der Waals surface area contributed by atoms with Gasteiger partial charge in [-0.2, -0.15) is 0 Å². The van der Waals surface area contributed by atoms with Gasteiger partial charge < -0.3 is 15.7 Å². The topological polar surface area (TPSA) is 61.4 Å². The van der Waals surface area contributed by atoms with Crippen LogP contribution < -0.4 is 10.6 Å². The normalized spacial score (nSPS) is 10.1. The molecule has 104 valence electrons. The van der Waals surface area contributed by atoms with Gasteiger partial charge in [-0.1, -0.05) is 29.8 Å². The van der Waals surface area contributed by atoms with E-state index in [2.05, 4.69) is 10.6 Å². The zero-order valence-electron chi connectivity index (χ0n) is 11.0. The zero-order valence-corrected chi connectivity index (χ0v) is 11.7. The molecule has 2 aromatic carbocycles. The van der Waals surface area contributed by atoms with Crippen LogP contribution in [0.1, 0.15) is 11.1 Å². The second kappa shape index (κ2) is 6.30. The third-order valence-electron chi connectivity index (χ3n) is 2.82. The Labute approximate surface area is 122 Å². The monoisotopic (exact) mass is 290 g/mol. The molecule has 3 N–H and O–H groups in total. The summed E-state index contributed by atoms with van der Waals surface area (Å²) < 4.78 is 0. The van der Waals surface area contributed by atoms with E-state index in [0.29, 0.717) is 17.3 Å². The fraction of sp³-hybridized carbons (Fsp3) is 0.133. The van der Waals surface area contributed by atoms with Gasteiger partial charge in [-0.3, -0.25) is 0 Å². The van der Waals surface area contributed by atoms with Crippen molar-refractivity contribution in [2.75, 3.05) is 5.32 Å². The van der Waals surface area contributed by atoms with Gasteiger partial charge in [0.05, 0.1) is 0 Å². The molecule has 2 amide bonds. The van der Waals surface area contributed by atoms with E-state index in [1.165, 1.54) is 0 Å². The Hall–Kier alpha value is -2.20. The van der Waals surface area contributed by atoms with Crippen LogP contribution in [0.25, 0.3) is 0 Å². The first-order valence-electron chi connectivity index (χ1n) is 6.13. The molecule has 0 radical (unpaired) electrons. The second-order valence-electron chi connectivity index (χ2n) is 4.44. The van der Waals surface area contributed by atoms with Crippen LogP contribution in [0.15, 0.2) is 42.5 Å². The highest BCUT2D eigenvalue weighted by Gasteiger charge is 2.03. The molecule has 5 heteroatoms. The molecule has 4 nitrogen and oxygen atoms in total. The molecule has 0 aliphatic rings. The average Bonchev–Trinajstić information content (AvgIpc) is 2.42. The van der Waals surface area contributed by atoms with Crippen molar-refractivity contribution >= 4 is 23.3 Å². The number of benzene rings is 2. The lowest BCUT2D eigenvalue weighted by Gasteiger charge is -2.09. The molecule has 20 heavy (non-hydrogen) atoms. The lowest BCUT2D eigenvalue weighted by Crippen LogP contribution is -2.28. The van der Waals surface area contributed by atoms with Gasteiger partial charge in [-0.05, 0) is 42.3 Å². The van der Waals surface area contributed by atoms with Gasteiger partial charge in [0.15, 0.2) is 0 Å². The highest BCUT2D eigenvalue weighted by molar-refractivity contribution is 6.31. The van der Waals surface area contributed by atoms with Gasteiger partial charge in [0.2, 0.25) is 0 Å². The Balaban J connectivity index is 1.89. The first-order chi connectivity index (χ1) is 9.54. The fourth-order valence-corrected chi connectivity index (χ4v) is 1.82.